The fraction of sp³-hybridized carbons (Fsp3) is 0.500. The van der Waals surface area contributed by atoms with Crippen LogP contribution in [-0.2, 0) is 13.0 Å². The second kappa shape index (κ2) is 6.92. The van der Waals surface area contributed by atoms with E-state index in [1.165, 1.54) is 5.56 Å². The molecule has 21 heavy (non-hydrogen) atoms. The molecule has 0 fully saturated rings. The van der Waals surface area contributed by atoms with Crippen LogP contribution in [-0.4, -0.2) is 44.7 Å². The summed E-state index contributed by atoms with van der Waals surface area (Å²) in [5.41, 5.74) is 3.40. The van der Waals surface area contributed by atoms with E-state index in [1.54, 1.807) is 24.3 Å². The van der Waals surface area contributed by atoms with Gasteiger partial charge >= 0.3 is 6.03 Å². The molecule has 0 saturated heterocycles. The number of hydrogen-bond acceptors (Lipinski definition) is 3. The average molecular weight is 290 g/mol. The Balaban J connectivity index is 1.71. The number of urea groups is 1. The Hall–Kier alpha value is -2.31. The van der Waals surface area contributed by atoms with E-state index >= 15 is 0 Å². The van der Waals surface area contributed by atoms with Crippen molar-refractivity contribution in [2.24, 2.45) is 0 Å². The van der Waals surface area contributed by atoms with Crippen LogP contribution in [0.2, 0.25) is 0 Å². The van der Waals surface area contributed by atoms with Crippen molar-refractivity contribution in [3.63, 3.8) is 0 Å². The van der Waals surface area contributed by atoms with E-state index in [0.29, 0.717) is 13.1 Å². The highest BCUT2D eigenvalue weighted by Gasteiger charge is 2.10. The Kier molecular flexibility index (Phi) is 4.97. The zero-order valence-electron chi connectivity index (χ0n) is 12.7. The summed E-state index contributed by atoms with van der Waals surface area (Å²) >= 11 is 0. The second-order valence-corrected chi connectivity index (χ2v) is 5.13. The van der Waals surface area contributed by atoms with Crippen LogP contribution in [0.5, 0.6) is 0 Å². The summed E-state index contributed by atoms with van der Waals surface area (Å²) in [6.07, 6.45) is 5.23. The van der Waals surface area contributed by atoms with Crippen molar-refractivity contribution in [1.82, 2.24) is 30.4 Å². The Morgan fingerprint density at radius 2 is 2.24 bits per heavy atom. The number of hydrogen-bond donors (Lipinski definition) is 3. The fourth-order valence-corrected chi connectivity index (χ4v) is 2.23. The summed E-state index contributed by atoms with van der Waals surface area (Å²) in [7, 11) is 1.80. The third-order valence-corrected chi connectivity index (χ3v) is 3.51. The molecule has 0 atom stereocenters. The summed E-state index contributed by atoms with van der Waals surface area (Å²) in [5.74, 6) is 0.751. The SMILES string of the molecule is Cc1n[nH]c(C)c1CCCN(C)C(=O)NCc1ncc[nH]1. The van der Waals surface area contributed by atoms with Crippen molar-refractivity contribution < 1.29 is 4.79 Å². The Morgan fingerprint density at radius 1 is 1.43 bits per heavy atom. The minimum absolute atomic E-state index is 0.0907. The van der Waals surface area contributed by atoms with E-state index in [-0.39, 0.29) is 6.03 Å². The molecule has 2 heterocycles. The summed E-state index contributed by atoms with van der Waals surface area (Å²) in [4.78, 5) is 20.6. The largest absolute Gasteiger partial charge is 0.347 e. The molecular formula is C14H22N6O. The maximum absolute atomic E-state index is 11.9. The van der Waals surface area contributed by atoms with Gasteiger partial charge in [0.05, 0.1) is 12.2 Å². The van der Waals surface area contributed by atoms with Gasteiger partial charge in [-0.25, -0.2) is 9.78 Å². The molecule has 7 heteroatoms. The van der Waals surface area contributed by atoms with Gasteiger partial charge in [0.25, 0.3) is 0 Å². The van der Waals surface area contributed by atoms with Crippen LogP contribution < -0.4 is 5.32 Å². The van der Waals surface area contributed by atoms with Crippen LogP contribution in [0.3, 0.4) is 0 Å². The normalized spacial score (nSPS) is 10.6. The smallest absolute Gasteiger partial charge is 0.317 e. The van der Waals surface area contributed by atoms with Gasteiger partial charge in [-0.05, 0) is 32.3 Å². The van der Waals surface area contributed by atoms with Crippen molar-refractivity contribution in [2.45, 2.75) is 33.2 Å². The van der Waals surface area contributed by atoms with Gasteiger partial charge in [-0.15, -0.1) is 0 Å². The van der Waals surface area contributed by atoms with Crippen molar-refractivity contribution in [3.05, 3.63) is 35.2 Å². The lowest BCUT2D eigenvalue weighted by molar-refractivity contribution is 0.207. The molecule has 3 N–H and O–H groups in total. The van der Waals surface area contributed by atoms with Crippen molar-refractivity contribution in [3.8, 4) is 0 Å². The molecule has 0 aliphatic rings. The molecule has 2 aromatic rings. The van der Waals surface area contributed by atoms with Gasteiger partial charge in [-0.2, -0.15) is 5.10 Å². The van der Waals surface area contributed by atoms with E-state index < -0.39 is 0 Å². The van der Waals surface area contributed by atoms with E-state index in [9.17, 15) is 4.79 Å². The first kappa shape index (κ1) is 15.1. The van der Waals surface area contributed by atoms with E-state index in [2.05, 4.69) is 25.5 Å². The Labute approximate surface area is 124 Å². The van der Waals surface area contributed by atoms with Crippen LogP contribution in [0.15, 0.2) is 12.4 Å². The average Bonchev–Trinajstić information content (AvgIpc) is 3.09. The topological polar surface area (TPSA) is 89.7 Å². The number of carbonyl (C=O) groups is 1. The molecule has 0 spiro atoms. The first-order valence-corrected chi connectivity index (χ1v) is 7.05. The molecule has 0 aliphatic carbocycles. The van der Waals surface area contributed by atoms with Crippen LogP contribution in [0.4, 0.5) is 4.79 Å². The molecule has 2 amide bonds. The van der Waals surface area contributed by atoms with Gasteiger partial charge in [-0.3, -0.25) is 5.10 Å². The summed E-state index contributed by atoms with van der Waals surface area (Å²) in [6.45, 7) is 5.14. The Morgan fingerprint density at radius 3 is 2.86 bits per heavy atom. The molecular weight excluding hydrogens is 268 g/mol. The van der Waals surface area contributed by atoms with Crippen LogP contribution >= 0.6 is 0 Å². The molecule has 2 rings (SSSR count). The number of amides is 2. The summed E-state index contributed by atoms with van der Waals surface area (Å²) in [5, 5.41) is 9.99. The van der Waals surface area contributed by atoms with Gasteiger partial charge in [0.1, 0.15) is 5.82 Å². The Bertz CT molecular complexity index is 555. The highest BCUT2D eigenvalue weighted by atomic mass is 16.2. The van der Waals surface area contributed by atoms with Gasteiger partial charge < -0.3 is 15.2 Å². The molecule has 0 bridgehead atoms. The lowest BCUT2D eigenvalue weighted by atomic mass is 10.1. The number of aryl methyl sites for hydroxylation is 2. The predicted octanol–water partition coefficient (Wildman–Crippen LogP) is 1.52. The second-order valence-electron chi connectivity index (χ2n) is 5.13. The molecule has 0 saturated carbocycles. The zero-order chi connectivity index (χ0) is 15.2. The van der Waals surface area contributed by atoms with Crippen LogP contribution in [0, 0.1) is 13.8 Å². The number of aromatic nitrogens is 4. The van der Waals surface area contributed by atoms with Gasteiger partial charge in [0.2, 0.25) is 0 Å². The predicted molar refractivity (Wildman–Crippen MR) is 79.8 cm³/mol. The first-order chi connectivity index (χ1) is 10.1. The molecule has 0 radical (unpaired) electrons. The highest BCUT2D eigenvalue weighted by Crippen LogP contribution is 2.11. The van der Waals surface area contributed by atoms with Crippen molar-refractivity contribution in [1.29, 1.82) is 0 Å². The molecule has 0 aliphatic heterocycles. The quantitative estimate of drug-likeness (QED) is 0.753. The lowest BCUT2D eigenvalue weighted by Crippen LogP contribution is -2.37. The third kappa shape index (κ3) is 4.08. The number of H-pyrrole nitrogens is 2. The monoisotopic (exact) mass is 290 g/mol. The third-order valence-electron chi connectivity index (χ3n) is 3.51. The van der Waals surface area contributed by atoms with Gasteiger partial charge in [-0.1, -0.05) is 0 Å². The van der Waals surface area contributed by atoms with E-state index in [4.69, 9.17) is 0 Å². The number of nitrogens with zero attached hydrogens (tertiary/aromatic N) is 3. The number of carbonyl (C=O) groups excluding carboxylic acids is 1. The van der Waals surface area contributed by atoms with Crippen LogP contribution in [0.1, 0.15) is 29.2 Å². The van der Waals surface area contributed by atoms with Crippen LogP contribution in [0.25, 0.3) is 0 Å². The number of aromatic amines is 2. The summed E-state index contributed by atoms with van der Waals surface area (Å²) in [6, 6.07) is -0.0907. The molecule has 0 unspecified atom stereocenters. The number of imidazole rings is 1. The highest BCUT2D eigenvalue weighted by molar-refractivity contribution is 5.73. The minimum atomic E-state index is -0.0907. The molecule has 0 aromatic carbocycles. The molecule has 2 aromatic heterocycles. The van der Waals surface area contributed by atoms with E-state index in [0.717, 1.165) is 30.1 Å². The number of rotatable bonds is 6. The van der Waals surface area contributed by atoms with E-state index in [1.807, 2.05) is 13.8 Å². The number of nitrogens with one attached hydrogen (secondary N) is 3. The molecule has 7 nitrogen and oxygen atoms in total. The molecule has 114 valence electrons. The fourth-order valence-electron chi connectivity index (χ4n) is 2.23. The van der Waals surface area contributed by atoms with Crippen molar-refractivity contribution in [2.75, 3.05) is 13.6 Å². The maximum atomic E-state index is 11.9. The minimum Gasteiger partial charge on any atom is -0.347 e. The van der Waals surface area contributed by atoms with Gasteiger partial charge in [0.15, 0.2) is 0 Å². The first-order valence-electron chi connectivity index (χ1n) is 7.05. The van der Waals surface area contributed by atoms with Gasteiger partial charge in [0, 0.05) is 31.7 Å². The zero-order valence-corrected chi connectivity index (χ0v) is 12.7. The summed E-state index contributed by atoms with van der Waals surface area (Å²) < 4.78 is 0. The maximum Gasteiger partial charge on any atom is 0.317 e. The standard InChI is InChI=1S/C14H22N6O/c1-10-12(11(2)19-18-10)5-4-8-20(3)14(21)17-9-13-15-6-7-16-13/h6-7H,4-5,8-9H2,1-3H3,(H,15,16)(H,17,21)(H,18,19). The lowest BCUT2D eigenvalue weighted by Gasteiger charge is -2.17. The van der Waals surface area contributed by atoms with Crippen molar-refractivity contribution >= 4 is 6.03 Å².